The third-order valence-corrected chi connectivity index (χ3v) is 11.6. The van der Waals surface area contributed by atoms with Gasteiger partial charge < -0.3 is 28.6 Å². The van der Waals surface area contributed by atoms with E-state index in [4.69, 9.17) is 18.6 Å². The molecule has 2 atom stereocenters. The molecule has 2 unspecified atom stereocenters. The van der Waals surface area contributed by atoms with Crippen molar-refractivity contribution in [2.75, 3.05) is 27.4 Å². The van der Waals surface area contributed by atoms with E-state index in [1.54, 1.807) is 31.4 Å². The van der Waals surface area contributed by atoms with Crippen LogP contribution in [0.25, 0.3) is 0 Å². The van der Waals surface area contributed by atoms with E-state index in [1.807, 2.05) is 30.3 Å². The predicted octanol–water partition coefficient (Wildman–Crippen LogP) is 4.17. The second-order valence-corrected chi connectivity index (χ2v) is 15.6. The molecule has 0 saturated carbocycles. The summed E-state index contributed by atoms with van der Waals surface area (Å²) < 4.78 is 22.3. The van der Waals surface area contributed by atoms with Gasteiger partial charge in [-0.3, -0.25) is 4.79 Å². The van der Waals surface area contributed by atoms with Crippen molar-refractivity contribution in [3.05, 3.63) is 65.7 Å². The maximum atomic E-state index is 13.4. The quantitative estimate of drug-likeness (QED) is 0.172. The number of methoxy groups -OCH3 is 2. The Labute approximate surface area is 233 Å². The average molecular weight is 556 g/mol. The highest BCUT2D eigenvalue weighted by atomic mass is 28.4. The Bertz CT molecular complexity index is 1120. The highest BCUT2D eigenvalue weighted by molar-refractivity contribution is 6.74. The number of hydrogen-bond donors (Lipinski definition) is 1. The zero-order chi connectivity index (χ0) is 29.1. The van der Waals surface area contributed by atoms with Gasteiger partial charge in [0.25, 0.3) is 0 Å². The molecule has 9 heteroatoms. The topological polar surface area (TPSA) is 94.5 Å². The van der Waals surface area contributed by atoms with Gasteiger partial charge in [-0.05, 0) is 41.4 Å². The lowest BCUT2D eigenvalue weighted by Crippen LogP contribution is -2.64. The standard InChI is InChI=1S/C30H41NO7Si/c1-29(2,3)39(6,7)38-19-11-14-27(33)30(28(34)36-5,22-37-21-25-12-9-8-10-13-25)31(23-32)20-24-15-17-26(35-4)18-16-24/h8-10,12-13,15-18,23,27,33H,19-22H2,1-7H3. The summed E-state index contributed by atoms with van der Waals surface area (Å²) in [7, 11) is 0.683. The molecule has 0 aliphatic heterocycles. The molecule has 0 fully saturated rings. The minimum atomic E-state index is -2.07. The molecule has 0 bridgehead atoms. The van der Waals surface area contributed by atoms with Crippen LogP contribution in [0.15, 0.2) is 54.6 Å². The van der Waals surface area contributed by atoms with Gasteiger partial charge in [0.15, 0.2) is 14.4 Å². The van der Waals surface area contributed by atoms with Crippen LogP contribution in [0.3, 0.4) is 0 Å². The molecule has 39 heavy (non-hydrogen) atoms. The smallest absolute Gasteiger partial charge is 0.338 e. The Morgan fingerprint density at radius 2 is 1.69 bits per heavy atom. The zero-order valence-corrected chi connectivity index (χ0v) is 25.0. The number of carbonyl (C=O) groups is 2. The Hall–Kier alpha value is -3.16. The Morgan fingerprint density at radius 3 is 2.23 bits per heavy atom. The van der Waals surface area contributed by atoms with Crippen LogP contribution in [0.1, 0.15) is 31.9 Å². The number of aliphatic hydroxyl groups excluding tert-OH is 1. The van der Waals surface area contributed by atoms with Crippen molar-refractivity contribution in [3.63, 3.8) is 0 Å². The van der Waals surface area contributed by atoms with Crippen molar-refractivity contribution in [2.24, 2.45) is 0 Å². The van der Waals surface area contributed by atoms with Gasteiger partial charge in [0.05, 0.1) is 34.0 Å². The van der Waals surface area contributed by atoms with Crippen LogP contribution >= 0.6 is 0 Å². The molecule has 2 aromatic carbocycles. The number of aliphatic hydroxyl groups is 1. The van der Waals surface area contributed by atoms with E-state index >= 15 is 0 Å². The number of ether oxygens (including phenoxy) is 3. The van der Waals surface area contributed by atoms with E-state index in [-0.39, 0.29) is 31.4 Å². The second-order valence-electron chi connectivity index (χ2n) is 10.7. The van der Waals surface area contributed by atoms with Crippen molar-refractivity contribution < 1.29 is 33.3 Å². The molecule has 0 aromatic heterocycles. The summed E-state index contributed by atoms with van der Waals surface area (Å²) in [6.07, 6.45) is -1.11. The highest BCUT2D eigenvalue weighted by Gasteiger charge is 2.51. The van der Waals surface area contributed by atoms with Crippen molar-refractivity contribution in [2.45, 2.75) is 63.7 Å². The second kappa shape index (κ2) is 14.3. The molecule has 8 nitrogen and oxygen atoms in total. The fourth-order valence-electron chi connectivity index (χ4n) is 3.57. The van der Waals surface area contributed by atoms with Crippen molar-refractivity contribution in [1.82, 2.24) is 4.90 Å². The number of rotatable bonds is 13. The molecular formula is C30H41NO7Si. The van der Waals surface area contributed by atoms with Gasteiger partial charge in [-0.1, -0.05) is 75.1 Å². The Balaban J connectivity index is 2.41. The van der Waals surface area contributed by atoms with Gasteiger partial charge in [-0.2, -0.15) is 0 Å². The first-order valence-corrected chi connectivity index (χ1v) is 15.7. The third-order valence-electron chi connectivity index (χ3n) is 7.13. The fraction of sp³-hybridized carbons (Fsp3) is 0.467. The molecule has 2 rings (SSSR count). The van der Waals surface area contributed by atoms with Gasteiger partial charge in [0.2, 0.25) is 11.9 Å². The van der Waals surface area contributed by atoms with E-state index in [0.717, 1.165) is 5.56 Å². The maximum absolute atomic E-state index is 13.4. The van der Waals surface area contributed by atoms with Crippen molar-refractivity contribution in [1.29, 1.82) is 0 Å². The van der Waals surface area contributed by atoms with Crippen LogP contribution < -0.4 is 4.74 Å². The first-order valence-electron chi connectivity index (χ1n) is 12.8. The van der Waals surface area contributed by atoms with Crippen LogP contribution in [-0.2, 0) is 36.6 Å². The minimum Gasteiger partial charge on any atom is -0.497 e. The first-order chi connectivity index (χ1) is 18.4. The molecule has 1 N–H and O–H groups in total. The van der Waals surface area contributed by atoms with E-state index < -0.39 is 25.9 Å². The van der Waals surface area contributed by atoms with Crippen molar-refractivity contribution in [3.8, 4) is 17.6 Å². The summed E-state index contributed by atoms with van der Waals surface area (Å²) in [6.45, 7) is 10.4. The first kappa shape index (κ1) is 32.1. The molecule has 0 heterocycles. The number of benzene rings is 2. The lowest BCUT2D eigenvalue weighted by molar-refractivity contribution is -0.172. The van der Waals surface area contributed by atoms with Gasteiger partial charge in [0.1, 0.15) is 5.75 Å². The SMILES string of the molecule is COC(=O)C(COCc1ccccc1)(C(O)C#CCO[Si](C)(C)C(C)(C)C)N(C=O)Cc1ccc(OC)cc1. The lowest BCUT2D eigenvalue weighted by Gasteiger charge is -2.40. The third kappa shape index (κ3) is 8.41. The average Bonchev–Trinajstić information content (AvgIpc) is 2.92. The Kier molecular flexibility index (Phi) is 11.7. The summed E-state index contributed by atoms with van der Waals surface area (Å²) >= 11 is 0. The predicted molar refractivity (Wildman–Crippen MR) is 152 cm³/mol. The fourth-order valence-corrected chi connectivity index (χ4v) is 4.44. The lowest BCUT2D eigenvalue weighted by atomic mass is 9.90. The van der Waals surface area contributed by atoms with Crippen molar-refractivity contribution >= 4 is 20.7 Å². The van der Waals surface area contributed by atoms with E-state index in [0.29, 0.717) is 17.7 Å². The van der Waals surface area contributed by atoms with Gasteiger partial charge in [0, 0.05) is 6.54 Å². The number of amides is 1. The number of esters is 1. The Morgan fingerprint density at radius 1 is 1.05 bits per heavy atom. The largest absolute Gasteiger partial charge is 0.497 e. The van der Waals surface area contributed by atoms with Crippen LogP contribution in [-0.4, -0.2) is 69.8 Å². The monoisotopic (exact) mass is 555 g/mol. The molecular weight excluding hydrogens is 514 g/mol. The number of carbonyl (C=O) groups excluding carboxylic acids is 2. The summed E-state index contributed by atoms with van der Waals surface area (Å²) in [6, 6.07) is 16.4. The van der Waals surface area contributed by atoms with E-state index in [9.17, 15) is 14.7 Å². The number of hydrogen-bond acceptors (Lipinski definition) is 7. The molecule has 2 aromatic rings. The summed E-state index contributed by atoms with van der Waals surface area (Å²) in [5.74, 6) is 5.39. The van der Waals surface area contributed by atoms with Gasteiger partial charge in [-0.25, -0.2) is 4.79 Å². The summed E-state index contributed by atoms with van der Waals surface area (Å²) in [5.41, 5.74) is -0.358. The van der Waals surface area contributed by atoms with Crippen LogP contribution in [0.2, 0.25) is 18.1 Å². The molecule has 0 aliphatic carbocycles. The van der Waals surface area contributed by atoms with E-state index in [1.165, 1.54) is 12.0 Å². The number of nitrogens with zero attached hydrogens (tertiary/aromatic N) is 1. The van der Waals surface area contributed by atoms with Crippen LogP contribution in [0.5, 0.6) is 5.75 Å². The normalized spacial score (nSPS) is 13.8. The molecule has 1 amide bonds. The molecule has 0 spiro atoms. The maximum Gasteiger partial charge on any atom is 0.338 e. The van der Waals surface area contributed by atoms with Gasteiger partial charge >= 0.3 is 5.97 Å². The summed E-state index contributed by atoms with van der Waals surface area (Å²) in [5, 5.41) is 11.4. The summed E-state index contributed by atoms with van der Waals surface area (Å²) in [4.78, 5) is 27.0. The van der Waals surface area contributed by atoms with Crippen LogP contribution in [0, 0.1) is 11.8 Å². The van der Waals surface area contributed by atoms with Gasteiger partial charge in [-0.15, -0.1) is 0 Å². The molecule has 212 valence electrons. The highest BCUT2D eigenvalue weighted by Crippen LogP contribution is 2.36. The molecule has 0 saturated heterocycles. The minimum absolute atomic E-state index is 0.00347. The van der Waals surface area contributed by atoms with E-state index in [2.05, 4.69) is 45.7 Å². The molecule has 0 radical (unpaired) electrons. The van der Waals surface area contributed by atoms with Crippen LogP contribution in [0.4, 0.5) is 0 Å². The molecule has 0 aliphatic rings. The zero-order valence-electron chi connectivity index (χ0n) is 24.0.